The molecule has 250 valence electrons. The minimum atomic E-state index is -0.228. The van der Waals surface area contributed by atoms with Gasteiger partial charge in [-0.1, -0.05) is 167 Å². The minimum absolute atomic E-state index is 0.0702. The van der Waals surface area contributed by atoms with E-state index in [1.807, 2.05) is 18.5 Å². The predicted octanol–water partition coefficient (Wildman–Crippen LogP) is 12.9. The molecular weight excluding hydrogens is 627 g/mol. The minimum Gasteiger partial charge on any atom is -0.264 e. The van der Waals surface area contributed by atoms with Crippen molar-refractivity contribution in [2.75, 3.05) is 0 Å². The van der Waals surface area contributed by atoms with Crippen molar-refractivity contribution in [3.8, 4) is 22.3 Å². The number of aromatic nitrogens is 1. The molecule has 0 aliphatic heterocycles. The van der Waals surface area contributed by atoms with E-state index in [1.54, 1.807) is 0 Å². The fraction of sp³-hybridized carbons (Fsp3) is 0.157. The van der Waals surface area contributed by atoms with E-state index in [0.717, 1.165) is 5.56 Å². The number of fused-ring (bicyclic) bond motifs is 3. The van der Waals surface area contributed by atoms with Crippen LogP contribution in [0.25, 0.3) is 45.6 Å². The average Bonchev–Trinajstić information content (AvgIpc) is 3.51. The Kier molecular flexibility index (Phi) is 6.77. The summed E-state index contributed by atoms with van der Waals surface area (Å²) < 4.78 is 0. The van der Waals surface area contributed by atoms with E-state index >= 15 is 0 Å². The maximum Gasteiger partial charge on any atom is 0.0352 e. The molecule has 52 heavy (non-hydrogen) atoms. The van der Waals surface area contributed by atoms with Crippen molar-refractivity contribution >= 4 is 23.3 Å². The van der Waals surface area contributed by atoms with E-state index in [0.29, 0.717) is 0 Å². The van der Waals surface area contributed by atoms with Crippen LogP contribution in [0.5, 0.6) is 0 Å². The van der Waals surface area contributed by atoms with Gasteiger partial charge in [-0.05, 0) is 107 Å². The number of hydrogen-bond donors (Lipinski definition) is 0. The van der Waals surface area contributed by atoms with Gasteiger partial charge in [0.05, 0.1) is 0 Å². The van der Waals surface area contributed by atoms with Crippen LogP contribution in [-0.2, 0) is 5.41 Å². The molecule has 1 heterocycles. The fourth-order valence-electron chi connectivity index (χ4n) is 9.45. The number of pyridine rings is 1. The van der Waals surface area contributed by atoms with Crippen LogP contribution in [0.15, 0.2) is 158 Å². The first-order valence-electron chi connectivity index (χ1n) is 18.6. The Morgan fingerprint density at radius 2 is 1.29 bits per heavy atom. The van der Waals surface area contributed by atoms with Crippen molar-refractivity contribution in [3.63, 3.8) is 0 Å². The molecule has 0 amide bonds. The molecule has 4 aliphatic rings. The Bertz CT molecular complexity index is 2510. The summed E-state index contributed by atoms with van der Waals surface area (Å²) in [6, 6.07) is 45.5. The highest BCUT2D eigenvalue weighted by Gasteiger charge is 2.47. The topological polar surface area (TPSA) is 12.9 Å². The van der Waals surface area contributed by atoms with Crippen LogP contribution in [0, 0.1) is 5.41 Å². The zero-order chi connectivity index (χ0) is 35.2. The van der Waals surface area contributed by atoms with E-state index < -0.39 is 0 Å². The molecule has 0 spiro atoms. The van der Waals surface area contributed by atoms with Gasteiger partial charge in [-0.25, -0.2) is 0 Å². The van der Waals surface area contributed by atoms with Gasteiger partial charge in [0.25, 0.3) is 0 Å². The Morgan fingerprint density at radius 3 is 1.98 bits per heavy atom. The summed E-state index contributed by atoms with van der Waals surface area (Å²) in [5.74, 6) is 0.406. The lowest BCUT2D eigenvalue weighted by Gasteiger charge is -2.47. The number of hydrogen-bond acceptors (Lipinski definition) is 1. The molecular formula is C51H41N. The van der Waals surface area contributed by atoms with Gasteiger partial charge in [-0.15, -0.1) is 0 Å². The van der Waals surface area contributed by atoms with E-state index in [4.69, 9.17) is 0 Å². The number of allylic oxidation sites excluding steroid dienone is 6. The largest absolute Gasteiger partial charge is 0.264 e. The monoisotopic (exact) mass is 667 g/mol. The molecule has 2 unspecified atom stereocenters. The lowest BCUT2D eigenvalue weighted by molar-refractivity contribution is 0.485. The molecule has 1 nitrogen and oxygen atoms in total. The van der Waals surface area contributed by atoms with Gasteiger partial charge in [0.15, 0.2) is 0 Å². The van der Waals surface area contributed by atoms with Crippen LogP contribution in [0.3, 0.4) is 0 Å². The highest BCUT2D eigenvalue weighted by molar-refractivity contribution is 5.97. The summed E-state index contributed by atoms with van der Waals surface area (Å²) in [4.78, 5) is 4.37. The Morgan fingerprint density at radius 1 is 0.615 bits per heavy atom. The highest BCUT2D eigenvalue weighted by Crippen LogP contribution is 2.62. The molecule has 2 atom stereocenters. The summed E-state index contributed by atoms with van der Waals surface area (Å²) in [5.41, 5.74) is 21.2. The lowest BCUT2D eigenvalue weighted by Crippen LogP contribution is -2.34. The summed E-state index contributed by atoms with van der Waals surface area (Å²) in [6.45, 7) is 9.43. The molecule has 0 N–H and O–H groups in total. The second-order valence-corrected chi connectivity index (χ2v) is 16.2. The van der Waals surface area contributed by atoms with E-state index in [-0.39, 0.29) is 22.7 Å². The third-order valence-electron chi connectivity index (χ3n) is 12.1. The van der Waals surface area contributed by atoms with Gasteiger partial charge in [-0.3, -0.25) is 4.98 Å². The summed E-state index contributed by atoms with van der Waals surface area (Å²) in [5, 5.41) is 0. The number of benzene rings is 5. The van der Waals surface area contributed by atoms with Crippen LogP contribution < -0.4 is 0 Å². The molecule has 0 saturated heterocycles. The van der Waals surface area contributed by atoms with Crippen molar-refractivity contribution in [2.45, 2.75) is 44.9 Å². The second-order valence-electron chi connectivity index (χ2n) is 16.2. The molecule has 1 heteroatoms. The Labute approximate surface area is 307 Å². The van der Waals surface area contributed by atoms with Gasteiger partial charge in [-0.2, -0.15) is 0 Å². The molecule has 5 aromatic carbocycles. The van der Waals surface area contributed by atoms with Crippen LogP contribution in [0.2, 0.25) is 0 Å². The molecule has 10 rings (SSSR count). The normalized spacial score (nSPS) is 19.6. The van der Waals surface area contributed by atoms with Crippen LogP contribution in [-0.4, -0.2) is 4.98 Å². The molecule has 0 fully saturated rings. The van der Waals surface area contributed by atoms with E-state index in [9.17, 15) is 0 Å². The maximum absolute atomic E-state index is 4.37. The second kappa shape index (κ2) is 11.4. The van der Waals surface area contributed by atoms with Crippen LogP contribution in [0.4, 0.5) is 0 Å². The summed E-state index contributed by atoms with van der Waals surface area (Å²) in [6.07, 6.45) is 16.0. The quantitative estimate of drug-likeness (QED) is 0.182. The zero-order valence-corrected chi connectivity index (χ0v) is 30.2. The van der Waals surface area contributed by atoms with Gasteiger partial charge >= 0.3 is 0 Å². The van der Waals surface area contributed by atoms with Crippen molar-refractivity contribution in [1.29, 1.82) is 0 Å². The molecule has 4 aliphatic carbocycles. The van der Waals surface area contributed by atoms with Crippen molar-refractivity contribution in [3.05, 3.63) is 208 Å². The fourth-order valence-corrected chi connectivity index (χ4v) is 9.45. The van der Waals surface area contributed by atoms with Gasteiger partial charge < -0.3 is 0 Å². The molecule has 0 saturated carbocycles. The molecule has 6 aromatic rings. The standard InChI is InChI=1S/C51H41N/c1-50(2,3)39-28-36-22-23-44-45(33-20-18-32(19-21-33)38-13-10-26-52-31-38)30-46(51(4)25-24-37(29-39)47(36)49(44)51)34-11-9-12-35(27-34)48-42-16-7-5-14-40(42)41-15-6-8-17-43(41)48/h5-31,48-49H,1-4H3. The summed E-state index contributed by atoms with van der Waals surface area (Å²) >= 11 is 0. The SMILES string of the molecule is CC(C)(C)c1cc2c3c(c1)C=CC1(C)C(c4cccc(C5c6ccccc6-c6ccccc65)c4)=CC(c4ccc(-c5cccnc5)cc4)=C(C=C2)C31. The van der Waals surface area contributed by atoms with E-state index in [2.05, 4.69) is 178 Å². The van der Waals surface area contributed by atoms with Crippen LogP contribution in [0.1, 0.15) is 89.6 Å². The van der Waals surface area contributed by atoms with Crippen molar-refractivity contribution in [2.24, 2.45) is 5.41 Å². The maximum atomic E-state index is 4.37. The zero-order valence-electron chi connectivity index (χ0n) is 30.2. The first kappa shape index (κ1) is 31.0. The van der Waals surface area contributed by atoms with Crippen LogP contribution >= 0.6 is 0 Å². The van der Waals surface area contributed by atoms with Gasteiger partial charge in [0.2, 0.25) is 0 Å². The number of nitrogens with zero attached hydrogens (tertiary/aromatic N) is 1. The van der Waals surface area contributed by atoms with Crippen molar-refractivity contribution in [1.82, 2.24) is 4.98 Å². The van der Waals surface area contributed by atoms with Gasteiger partial charge in [0, 0.05) is 29.6 Å². The molecule has 1 aromatic heterocycles. The third-order valence-corrected chi connectivity index (χ3v) is 12.1. The molecule has 0 bridgehead atoms. The highest BCUT2D eigenvalue weighted by atomic mass is 14.6. The van der Waals surface area contributed by atoms with E-state index in [1.165, 1.54) is 83.5 Å². The molecule has 0 radical (unpaired) electrons. The summed E-state index contributed by atoms with van der Waals surface area (Å²) in [7, 11) is 0. The van der Waals surface area contributed by atoms with Crippen molar-refractivity contribution < 1.29 is 0 Å². The Hall–Kier alpha value is -5.79. The van der Waals surface area contributed by atoms with Gasteiger partial charge in [0.1, 0.15) is 0 Å². The third kappa shape index (κ3) is 4.65. The first-order chi connectivity index (χ1) is 25.3. The smallest absolute Gasteiger partial charge is 0.0352 e. The lowest BCUT2D eigenvalue weighted by atomic mass is 9.55. The number of rotatable bonds is 4. The first-order valence-corrected chi connectivity index (χ1v) is 18.6. The Balaban J connectivity index is 1.17. The average molecular weight is 668 g/mol. The predicted molar refractivity (Wildman–Crippen MR) is 218 cm³/mol.